The third kappa shape index (κ3) is 5.36. The van der Waals surface area contributed by atoms with Crippen LogP contribution in [-0.2, 0) is 11.3 Å². The van der Waals surface area contributed by atoms with Crippen LogP contribution in [0.5, 0.6) is 0 Å². The number of carbonyl (C=O) groups excluding carboxylic acids is 1. The molecule has 0 aliphatic carbocycles. The van der Waals surface area contributed by atoms with Crippen LogP contribution in [0.2, 0.25) is 0 Å². The van der Waals surface area contributed by atoms with Crippen LogP contribution in [0.25, 0.3) is 0 Å². The summed E-state index contributed by atoms with van der Waals surface area (Å²) in [5.74, 6) is 0.629. The summed E-state index contributed by atoms with van der Waals surface area (Å²) in [6.45, 7) is 7.32. The van der Waals surface area contributed by atoms with Gasteiger partial charge >= 0.3 is 0 Å². The van der Waals surface area contributed by atoms with Crippen molar-refractivity contribution in [3.05, 3.63) is 30.1 Å². The molecule has 0 aromatic carbocycles. The first-order valence-corrected chi connectivity index (χ1v) is 11.5. The topological polar surface area (TPSA) is 51.7 Å². The van der Waals surface area contributed by atoms with Crippen molar-refractivity contribution in [3.8, 4) is 0 Å². The summed E-state index contributed by atoms with van der Waals surface area (Å²) in [6, 6.07) is 5.46. The Morgan fingerprint density at radius 1 is 1.03 bits per heavy atom. The maximum absolute atomic E-state index is 13.1. The molecule has 6 nitrogen and oxygen atoms in total. The summed E-state index contributed by atoms with van der Waals surface area (Å²) in [5, 5.41) is 3.36. The third-order valence-corrected chi connectivity index (χ3v) is 7.25. The van der Waals surface area contributed by atoms with Crippen LogP contribution < -0.4 is 5.32 Å². The van der Waals surface area contributed by atoms with E-state index in [0.717, 1.165) is 58.5 Å². The molecule has 6 heteroatoms. The molecular formula is C23H37N5O. The number of hydrogen-bond donors (Lipinski definition) is 1. The molecule has 3 aliphatic heterocycles. The number of pyridine rings is 1. The van der Waals surface area contributed by atoms with E-state index in [4.69, 9.17) is 0 Å². The van der Waals surface area contributed by atoms with Crippen molar-refractivity contribution in [1.82, 2.24) is 25.0 Å². The summed E-state index contributed by atoms with van der Waals surface area (Å²) >= 11 is 0. The molecule has 0 saturated carbocycles. The Morgan fingerprint density at radius 3 is 2.45 bits per heavy atom. The highest BCUT2D eigenvalue weighted by Crippen LogP contribution is 2.26. The van der Waals surface area contributed by atoms with Crippen LogP contribution >= 0.6 is 0 Å². The van der Waals surface area contributed by atoms with Crippen LogP contribution in [0.1, 0.15) is 44.1 Å². The number of rotatable bonds is 5. The Kier molecular flexibility index (Phi) is 7.16. The van der Waals surface area contributed by atoms with Gasteiger partial charge in [0.05, 0.1) is 5.92 Å². The fraction of sp³-hybridized carbons (Fsp3) is 0.739. The first-order valence-electron chi connectivity index (χ1n) is 11.5. The molecule has 1 aromatic rings. The number of hydrogen-bond acceptors (Lipinski definition) is 5. The lowest BCUT2D eigenvalue weighted by molar-refractivity contribution is -0.139. The monoisotopic (exact) mass is 399 g/mol. The third-order valence-electron chi connectivity index (χ3n) is 7.25. The standard InChI is InChI=1S/C23H37N5O/c1-24-21-6-15-27(16-7-21)23(29)20-3-2-12-28(18-20)22-8-13-26(14-9-22)17-19-4-10-25-11-5-19/h4-5,10-11,20-22,24H,2-3,6-9,12-18H2,1H3/t20-/m0/s1. The average molecular weight is 400 g/mol. The maximum atomic E-state index is 13.1. The van der Waals surface area contributed by atoms with Gasteiger partial charge in [-0.1, -0.05) is 0 Å². The van der Waals surface area contributed by atoms with Gasteiger partial charge in [0.1, 0.15) is 0 Å². The molecule has 1 N–H and O–H groups in total. The van der Waals surface area contributed by atoms with Gasteiger partial charge in [-0.25, -0.2) is 0 Å². The minimum atomic E-state index is 0.213. The van der Waals surface area contributed by atoms with Crippen molar-refractivity contribution in [3.63, 3.8) is 0 Å². The average Bonchev–Trinajstić information content (AvgIpc) is 2.80. The number of carbonyl (C=O) groups is 1. The molecule has 3 saturated heterocycles. The molecule has 4 rings (SSSR count). The van der Waals surface area contributed by atoms with Gasteiger partial charge in [0.25, 0.3) is 0 Å². The minimum absolute atomic E-state index is 0.213. The lowest BCUT2D eigenvalue weighted by Gasteiger charge is -2.43. The summed E-state index contributed by atoms with van der Waals surface area (Å²) < 4.78 is 0. The fourth-order valence-corrected chi connectivity index (χ4v) is 5.38. The zero-order valence-corrected chi connectivity index (χ0v) is 17.9. The van der Waals surface area contributed by atoms with Crippen molar-refractivity contribution < 1.29 is 4.79 Å². The fourth-order valence-electron chi connectivity index (χ4n) is 5.38. The first-order chi connectivity index (χ1) is 14.2. The summed E-state index contributed by atoms with van der Waals surface area (Å²) in [7, 11) is 2.03. The predicted octanol–water partition coefficient (Wildman–Crippen LogP) is 1.97. The van der Waals surface area contributed by atoms with Crippen molar-refractivity contribution in [2.75, 3.05) is 46.3 Å². The molecule has 0 spiro atoms. The van der Waals surface area contributed by atoms with Gasteiger partial charge in [-0.05, 0) is 82.9 Å². The molecule has 3 fully saturated rings. The van der Waals surface area contributed by atoms with Gasteiger partial charge in [-0.3, -0.25) is 19.6 Å². The summed E-state index contributed by atoms with van der Waals surface area (Å²) in [4.78, 5) is 24.5. The summed E-state index contributed by atoms with van der Waals surface area (Å²) in [5.41, 5.74) is 1.35. The molecule has 1 atom stereocenters. The largest absolute Gasteiger partial charge is 0.342 e. The van der Waals surface area contributed by atoms with Crippen LogP contribution in [0.4, 0.5) is 0 Å². The van der Waals surface area contributed by atoms with E-state index in [-0.39, 0.29) is 5.92 Å². The Morgan fingerprint density at radius 2 is 1.76 bits per heavy atom. The van der Waals surface area contributed by atoms with Gasteiger partial charge in [0.2, 0.25) is 5.91 Å². The molecule has 3 aliphatic rings. The van der Waals surface area contributed by atoms with Crippen molar-refractivity contribution in [2.24, 2.45) is 5.92 Å². The maximum Gasteiger partial charge on any atom is 0.226 e. The summed E-state index contributed by atoms with van der Waals surface area (Å²) in [6.07, 6.45) is 10.6. The molecule has 0 bridgehead atoms. The first kappa shape index (κ1) is 20.8. The van der Waals surface area contributed by atoms with E-state index in [0.29, 0.717) is 18.0 Å². The van der Waals surface area contributed by atoms with E-state index in [1.165, 1.54) is 31.4 Å². The molecule has 0 unspecified atom stereocenters. The number of piperidine rings is 3. The van der Waals surface area contributed by atoms with Gasteiger partial charge in [-0.2, -0.15) is 0 Å². The molecule has 0 radical (unpaired) electrons. The van der Waals surface area contributed by atoms with Crippen LogP contribution in [-0.4, -0.2) is 84.0 Å². The Bertz CT molecular complexity index is 638. The molecule has 29 heavy (non-hydrogen) atoms. The number of nitrogens with one attached hydrogen (secondary N) is 1. The van der Waals surface area contributed by atoms with Gasteiger partial charge in [-0.15, -0.1) is 0 Å². The lowest BCUT2D eigenvalue weighted by atomic mass is 9.92. The van der Waals surface area contributed by atoms with E-state index >= 15 is 0 Å². The zero-order chi connectivity index (χ0) is 20.1. The van der Waals surface area contributed by atoms with Crippen molar-refractivity contribution in [1.29, 1.82) is 0 Å². The van der Waals surface area contributed by atoms with E-state index in [2.05, 4.69) is 37.1 Å². The number of likely N-dealkylation sites (tertiary alicyclic amines) is 3. The quantitative estimate of drug-likeness (QED) is 0.820. The van der Waals surface area contributed by atoms with Crippen LogP contribution in [0.3, 0.4) is 0 Å². The van der Waals surface area contributed by atoms with Crippen molar-refractivity contribution in [2.45, 2.75) is 57.2 Å². The second kappa shape index (κ2) is 10.0. The van der Waals surface area contributed by atoms with E-state index in [9.17, 15) is 4.79 Å². The molecule has 4 heterocycles. The molecule has 1 aromatic heterocycles. The van der Waals surface area contributed by atoms with Gasteiger partial charge in [0, 0.05) is 50.7 Å². The molecule has 1 amide bonds. The highest BCUT2D eigenvalue weighted by molar-refractivity contribution is 5.79. The normalized spacial score (nSPS) is 26.0. The van der Waals surface area contributed by atoms with Crippen molar-refractivity contribution >= 4 is 5.91 Å². The smallest absolute Gasteiger partial charge is 0.226 e. The van der Waals surface area contributed by atoms with Crippen LogP contribution in [0.15, 0.2) is 24.5 Å². The Labute approximate surface area is 175 Å². The Balaban J connectivity index is 1.24. The highest BCUT2D eigenvalue weighted by Gasteiger charge is 2.34. The van der Waals surface area contributed by atoms with E-state index < -0.39 is 0 Å². The zero-order valence-electron chi connectivity index (χ0n) is 17.9. The van der Waals surface area contributed by atoms with E-state index in [1.807, 2.05) is 19.4 Å². The minimum Gasteiger partial charge on any atom is -0.342 e. The number of aromatic nitrogens is 1. The van der Waals surface area contributed by atoms with Crippen LogP contribution in [0, 0.1) is 5.92 Å². The van der Waals surface area contributed by atoms with Gasteiger partial charge in [0.15, 0.2) is 0 Å². The second-order valence-electron chi connectivity index (χ2n) is 9.09. The molecule has 160 valence electrons. The number of amides is 1. The Hall–Kier alpha value is -1.50. The van der Waals surface area contributed by atoms with Gasteiger partial charge < -0.3 is 10.2 Å². The van der Waals surface area contributed by atoms with E-state index in [1.54, 1.807) is 0 Å². The number of nitrogens with zero attached hydrogens (tertiary/aromatic N) is 4. The SMILES string of the molecule is CNC1CCN(C(=O)[C@H]2CCCN(C3CCN(Cc4ccncc4)CC3)C2)CC1. The second-order valence-corrected chi connectivity index (χ2v) is 9.09. The molecular weight excluding hydrogens is 362 g/mol. The lowest BCUT2D eigenvalue weighted by Crippen LogP contribution is -2.52. The predicted molar refractivity (Wildman–Crippen MR) is 115 cm³/mol. The highest BCUT2D eigenvalue weighted by atomic mass is 16.2.